The number of hydrogen-bond acceptors (Lipinski definition) is 2. The van der Waals surface area contributed by atoms with Crippen LogP contribution in [0, 0.1) is 0 Å². The predicted molar refractivity (Wildman–Crippen MR) is 53.8 cm³/mol. The molecule has 0 bridgehead atoms. The molecule has 1 aliphatic rings. The molecular formula is C10H19F3N2. The Morgan fingerprint density at radius 1 is 1.33 bits per heavy atom. The molecule has 1 rings (SSSR count). The zero-order valence-corrected chi connectivity index (χ0v) is 9.11. The fraction of sp³-hybridized carbons (Fsp3) is 1.00. The van der Waals surface area contributed by atoms with E-state index in [0.717, 1.165) is 19.5 Å². The highest BCUT2D eigenvalue weighted by molar-refractivity contribution is 4.75. The van der Waals surface area contributed by atoms with E-state index in [1.807, 2.05) is 0 Å². The van der Waals surface area contributed by atoms with Crippen molar-refractivity contribution in [3.8, 4) is 0 Å². The smallest absolute Gasteiger partial charge is 0.313 e. The maximum Gasteiger partial charge on any atom is 0.390 e. The summed E-state index contributed by atoms with van der Waals surface area (Å²) in [6.45, 7) is 1.82. The third kappa shape index (κ3) is 5.99. The first kappa shape index (κ1) is 12.8. The van der Waals surface area contributed by atoms with Crippen LogP contribution in [0.15, 0.2) is 0 Å². The largest absolute Gasteiger partial charge is 0.390 e. The van der Waals surface area contributed by atoms with Crippen molar-refractivity contribution in [1.82, 2.24) is 10.2 Å². The molecule has 1 heterocycles. The number of rotatable bonds is 4. The summed E-state index contributed by atoms with van der Waals surface area (Å²) in [5, 5.41) is 3.32. The molecule has 1 aliphatic heterocycles. The Labute approximate surface area is 88.8 Å². The molecule has 0 spiro atoms. The van der Waals surface area contributed by atoms with Crippen LogP contribution < -0.4 is 5.32 Å². The Hall–Kier alpha value is -0.290. The summed E-state index contributed by atoms with van der Waals surface area (Å²) < 4.78 is 35.9. The molecule has 0 aliphatic carbocycles. The van der Waals surface area contributed by atoms with E-state index < -0.39 is 12.6 Å². The molecule has 90 valence electrons. The average Bonchev–Trinajstić information content (AvgIpc) is 2.15. The van der Waals surface area contributed by atoms with Crippen molar-refractivity contribution in [2.45, 2.75) is 37.9 Å². The Balaban J connectivity index is 2.14. The number of halogens is 3. The van der Waals surface area contributed by atoms with Gasteiger partial charge in [0, 0.05) is 19.1 Å². The van der Waals surface area contributed by atoms with Gasteiger partial charge in [-0.05, 0) is 26.4 Å². The molecule has 0 saturated carbocycles. The predicted octanol–water partition coefficient (Wildman–Crippen LogP) is 2.01. The fourth-order valence-corrected chi connectivity index (χ4v) is 1.86. The minimum atomic E-state index is -4.03. The van der Waals surface area contributed by atoms with Crippen LogP contribution in [0.2, 0.25) is 0 Å². The van der Waals surface area contributed by atoms with E-state index in [1.54, 1.807) is 11.9 Å². The third-order valence-electron chi connectivity index (χ3n) is 2.72. The van der Waals surface area contributed by atoms with E-state index in [9.17, 15) is 13.2 Å². The molecule has 1 N–H and O–H groups in total. The van der Waals surface area contributed by atoms with Gasteiger partial charge in [-0.3, -0.25) is 0 Å². The quantitative estimate of drug-likeness (QED) is 0.786. The summed E-state index contributed by atoms with van der Waals surface area (Å²) in [6.07, 6.45) is -1.30. The van der Waals surface area contributed by atoms with Gasteiger partial charge < -0.3 is 10.2 Å². The van der Waals surface area contributed by atoms with Gasteiger partial charge in [-0.15, -0.1) is 0 Å². The van der Waals surface area contributed by atoms with Crippen LogP contribution in [0.1, 0.15) is 25.7 Å². The van der Waals surface area contributed by atoms with Gasteiger partial charge in [-0.1, -0.05) is 6.42 Å². The maximum absolute atomic E-state index is 12.0. The van der Waals surface area contributed by atoms with Crippen molar-refractivity contribution in [2.75, 3.05) is 26.7 Å². The van der Waals surface area contributed by atoms with E-state index in [4.69, 9.17) is 0 Å². The van der Waals surface area contributed by atoms with Crippen molar-refractivity contribution >= 4 is 0 Å². The summed E-state index contributed by atoms with van der Waals surface area (Å²) in [6, 6.07) is 0.372. The van der Waals surface area contributed by atoms with E-state index in [1.165, 1.54) is 12.8 Å². The summed E-state index contributed by atoms with van der Waals surface area (Å²) in [5.74, 6) is 0. The van der Waals surface area contributed by atoms with Gasteiger partial charge in [0.25, 0.3) is 0 Å². The number of hydrogen-bond donors (Lipinski definition) is 1. The molecule has 5 heteroatoms. The van der Waals surface area contributed by atoms with Crippen LogP contribution in [0.3, 0.4) is 0 Å². The molecule has 2 nitrogen and oxygen atoms in total. The summed E-state index contributed by atoms with van der Waals surface area (Å²) >= 11 is 0. The molecule has 0 aromatic rings. The highest BCUT2D eigenvalue weighted by Crippen LogP contribution is 2.19. The third-order valence-corrected chi connectivity index (χ3v) is 2.72. The van der Waals surface area contributed by atoms with Crippen molar-refractivity contribution < 1.29 is 13.2 Å². The second-order valence-electron chi connectivity index (χ2n) is 4.27. The number of likely N-dealkylation sites (N-methyl/N-ethyl adjacent to an activating group) is 1. The Bertz CT molecular complexity index is 176. The number of piperidine rings is 1. The zero-order valence-electron chi connectivity index (χ0n) is 9.11. The first-order valence-electron chi connectivity index (χ1n) is 5.46. The fourth-order valence-electron chi connectivity index (χ4n) is 1.86. The monoisotopic (exact) mass is 224 g/mol. The van der Waals surface area contributed by atoms with Gasteiger partial charge in [0.15, 0.2) is 0 Å². The van der Waals surface area contributed by atoms with E-state index in [2.05, 4.69) is 5.32 Å². The van der Waals surface area contributed by atoms with Crippen LogP contribution in [0.5, 0.6) is 0 Å². The second kappa shape index (κ2) is 5.70. The minimum absolute atomic E-state index is 0.0989. The number of nitrogens with zero attached hydrogens (tertiary/aromatic N) is 1. The topological polar surface area (TPSA) is 15.3 Å². The molecule has 0 amide bonds. The van der Waals surface area contributed by atoms with Gasteiger partial charge in [-0.25, -0.2) is 0 Å². The second-order valence-corrected chi connectivity index (χ2v) is 4.27. The summed E-state index contributed by atoms with van der Waals surface area (Å²) in [5.41, 5.74) is 0. The summed E-state index contributed by atoms with van der Waals surface area (Å²) in [4.78, 5) is 1.76. The lowest BCUT2D eigenvalue weighted by atomic mass is 10.0. The maximum atomic E-state index is 12.0. The van der Waals surface area contributed by atoms with Crippen molar-refractivity contribution in [1.29, 1.82) is 0 Å². The molecule has 1 fully saturated rings. The SMILES string of the molecule is CN(CCC(F)(F)F)CC1CCCCN1. The average molecular weight is 224 g/mol. The minimum Gasteiger partial charge on any atom is -0.313 e. The first-order chi connectivity index (χ1) is 6.97. The van der Waals surface area contributed by atoms with Crippen LogP contribution in [-0.2, 0) is 0 Å². The van der Waals surface area contributed by atoms with Crippen molar-refractivity contribution in [3.05, 3.63) is 0 Å². The van der Waals surface area contributed by atoms with E-state index in [-0.39, 0.29) is 6.54 Å². The highest BCUT2D eigenvalue weighted by atomic mass is 19.4. The van der Waals surface area contributed by atoms with Gasteiger partial charge in [0.05, 0.1) is 6.42 Å². The van der Waals surface area contributed by atoms with E-state index in [0.29, 0.717) is 6.04 Å². The van der Waals surface area contributed by atoms with Crippen LogP contribution in [0.25, 0.3) is 0 Å². The molecule has 0 aromatic carbocycles. The van der Waals surface area contributed by atoms with Gasteiger partial charge >= 0.3 is 6.18 Å². The summed E-state index contributed by atoms with van der Waals surface area (Å²) in [7, 11) is 1.75. The Morgan fingerprint density at radius 2 is 2.07 bits per heavy atom. The number of nitrogens with one attached hydrogen (secondary N) is 1. The van der Waals surface area contributed by atoms with Crippen molar-refractivity contribution in [3.63, 3.8) is 0 Å². The normalized spacial score (nSPS) is 23.4. The molecule has 0 radical (unpaired) electrons. The molecule has 0 aromatic heterocycles. The molecule has 1 atom stereocenters. The molecule has 1 unspecified atom stereocenters. The lowest BCUT2D eigenvalue weighted by molar-refractivity contribution is -0.137. The van der Waals surface area contributed by atoms with Crippen LogP contribution in [-0.4, -0.2) is 43.8 Å². The van der Waals surface area contributed by atoms with Gasteiger partial charge in [-0.2, -0.15) is 13.2 Å². The van der Waals surface area contributed by atoms with Crippen LogP contribution in [0.4, 0.5) is 13.2 Å². The number of alkyl halides is 3. The van der Waals surface area contributed by atoms with Gasteiger partial charge in [0.2, 0.25) is 0 Å². The zero-order chi connectivity index (χ0) is 11.3. The first-order valence-corrected chi connectivity index (χ1v) is 5.46. The van der Waals surface area contributed by atoms with Crippen LogP contribution >= 0.6 is 0 Å². The lowest BCUT2D eigenvalue weighted by Crippen LogP contribution is -2.43. The standard InChI is InChI=1S/C10H19F3N2/c1-15(7-5-10(11,12)13)8-9-4-2-3-6-14-9/h9,14H,2-8H2,1H3. The van der Waals surface area contributed by atoms with Gasteiger partial charge in [0.1, 0.15) is 0 Å². The molecule has 15 heavy (non-hydrogen) atoms. The Kier molecular flexibility index (Phi) is 4.86. The van der Waals surface area contributed by atoms with E-state index >= 15 is 0 Å². The lowest BCUT2D eigenvalue weighted by Gasteiger charge is -2.28. The molecular weight excluding hydrogens is 205 g/mol. The Morgan fingerprint density at radius 3 is 2.60 bits per heavy atom. The van der Waals surface area contributed by atoms with Crippen molar-refractivity contribution in [2.24, 2.45) is 0 Å². The highest BCUT2D eigenvalue weighted by Gasteiger charge is 2.27. The molecule has 1 saturated heterocycles.